The molecule has 1 heterocycles. The molecule has 0 aromatic heterocycles. The minimum atomic E-state index is 0.397. The minimum Gasteiger partial charge on any atom is -0.396 e. The molecule has 1 aliphatic carbocycles. The van der Waals surface area contributed by atoms with Crippen LogP contribution in [0, 0.1) is 17.8 Å². The Balaban J connectivity index is 1.66. The number of hydrogen-bond acceptors (Lipinski definition) is 2. The van der Waals surface area contributed by atoms with Crippen molar-refractivity contribution in [1.82, 2.24) is 4.90 Å². The van der Waals surface area contributed by atoms with Crippen molar-refractivity contribution in [2.75, 3.05) is 19.7 Å². The molecule has 2 aliphatic rings. The Morgan fingerprint density at radius 1 is 1.06 bits per heavy atom. The number of fused-ring (bicyclic) bond motifs is 2. The monoisotopic (exact) mass is 245 g/mol. The predicted molar refractivity (Wildman–Crippen MR) is 73.1 cm³/mol. The van der Waals surface area contributed by atoms with Gasteiger partial charge < -0.3 is 5.11 Å². The molecule has 2 unspecified atom stereocenters. The van der Waals surface area contributed by atoms with Gasteiger partial charge in [-0.05, 0) is 36.2 Å². The molecule has 1 saturated carbocycles. The molecule has 0 radical (unpaired) electrons. The second kappa shape index (κ2) is 5.41. The third kappa shape index (κ3) is 2.45. The molecule has 0 amide bonds. The summed E-state index contributed by atoms with van der Waals surface area (Å²) in [5, 5.41) is 9.55. The van der Waals surface area contributed by atoms with Crippen molar-refractivity contribution in [2.24, 2.45) is 17.8 Å². The predicted octanol–water partition coefficient (Wildman–Crippen LogP) is 2.53. The second-order valence-electron chi connectivity index (χ2n) is 5.98. The third-order valence-electron chi connectivity index (χ3n) is 4.81. The molecular weight excluding hydrogens is 222 g/mol. The topological polar surface area (TPSA) is 23.5 Å². The van der Waals surface area contributed by atoms with E-state index in [2.05, 4.69) is 35.2 Å². The van der Waals surface area contributed by atoms with Crippen LogP contribution in [0.25, 0.3) is 0 Å². The molecule has 3 rings (SSSR count). The SMILES string of the molecule is OCC1C2CCCC1CN(Cc1ccccc1)C2. The van der Waals surface area contributed by atoms with Gasteiger partial charge in [-0.25, -0.2) is 0 Å². The van der Waals surface area contributed by atoms with Crippen LogP contribution in [0.2, 0.25) is 0 Å². The molecule has 1 aromatic rings. The Bertz CT molecular complexity index is 364. The maximum absolute atomic E-state index is 9.55. The van der Waals surface area contributed by atoms with E-state index in [9.17, 15) is 5.11 Å². The van der Waals surface area contributed by atoms with Gasteiger partial charge in [0.1, 0.15) is 0 Å². The first-order chi connectivity index (χ1) is 8.86. The summed E-state index contributed by atoms with van der Waals surface area (Å²) in [4.78, 5) is 2.59. The lowest BCUT2D eigenvalue weighted by molar-refractivity contribution is -0.00965. The van der Waals surface area contributed by atoms with Crippen LogP contribution in [0.4, 0.5) is 0 Å². The summed E-state index contributed by atoms with van der Waals surface area (Å²) in [6.45, 7) is 3.83. The molecule has 1 N–H and O–H groups in total. The number of hydrogen-bond donors (Lipinski definition) is 1. The van der Waals surface area contributed by atoms with Gasteiger partial charge in [0.05, 0.1) is 0 Å². The average molecular weight is 245 g/mol. The second-order valence-corrected chi connectivity index (χ2v) is 5.98. The summed E-state index contributed by atoms with van der Waals surface area (Å²) in [5.41, 5.74) is 1.41. The maximum Gasteiger partial charge on any atom is 0.0465 e. The van der Waals surface area contributed by atoms with Crippen molar-refractivity contribution in [3.05, 3.63) is 35.9 Å². The lowest BCUT2D eigenvalue weighted by Crippen LogP contribution is -2.49. The first-order valence-electron chi connectivity index (χ1n) is 7.24. The lowest BCUT2D eigenvalue weighted by atomic mass is 9.69. The Hall–Kier alpha value is -0.860. The van der Waals surface area contributed by atoms with E-state index in [4.69, 9.17) is 0 Å². The largest absolute Gasteiger partial charge is 0.396 e. The molecule has 98 valence electrons. The van der Waals surface area contributed by atoms with Crippen LogP contribution in [0.3, 0.4) is 0 Å². The van der Waals surface area contributed by atoms with Gasteiger partial charge in [0.15, 0.2) is 0 Å². The number of nitrogens with zero attached hydrogens (tertiary/aromatic N) is 1. The summed E-state index contributed by atoms with van der Waals surface area (Å²) in [6.07, 6.45) is 3.99. The lowest BCUT2D eigenvalue weighted by Gasteiger charge is -2.47. The molecule has 0 spiro atoms. The molecule has 1 aromatic carbocycles. The number of piperidine rings is 1. The highest BCUT2D eigenvalue weighted by atomic mass is 16.3. The van der Waals surface area contributed by atoms with Crippen molar-refractivity contribution in [3.8, 4) is 0 Å². The zero-order chi connectivity index (χ0) is 12.4. The molecule has 2 nitrogen and oxygen atoms in total. The van der Waals surface area contributed by atoms with Crippen molar-refractivity contribution in [2.45, 2.75) is 25.8 Å². The van der Waals surface area contributed by atoms with Gasteiger partial charge >= 0.3 is 0 Å². The fourth-order valence-electron chi connectivity index (χ4n) is 3.92. The standard InChI is InChI=1S/C16H23NO/c18-12-16-14-7-4-8-15(16)11-17(10-14)9-13-5-2-1-3-6-13/h1-3,5-6,14-16,18H,4,7-12H2. The number of benzene rings is 1. The Kier molecular flexibility index (Phi) is 3.67. The quantitative estimate of drug-likeness (QED) is 0.884. The van der Waals surface area contributed by atoms with Gasteiger partial charge in [0.2, 0.25) is 0 Å². The molecule has 2 atom stereocenters. The van der Waals surface area contributed by atoms with Crippen LogP contribution in [-0.4, -0.2) is 29.7 Å². The molecule has 2 bridgehead atoms. The number of aliphatic hydroxyl groups is 1. The van der Waals surface area contributed by atoms with Gasteiger partial charge in [0, 0.05) is 26.2 Å². The van der Waals surface area contributed by atoms with Crippen LogP contribution >= 0.6 is 0 Å². The van der Waals surface area contributed by atoms with Gasteiger partial charge in [-0.15, -0.1) is 0 Å². The third-order valence-corrected chi connectivity index (χ3v) is 4.81. The van der Waals surface area contributed by atoms with Crippen LogP contribution in [0.1, 0.15) is 24.8 Å². The normalized spacial score (nSPS) is 32.4. The van der Waals surface area contributed by atoms with E-state index in [-0.39, 0.29) is 0 Å². The summed E-state index contributed by atoms with van der Waals surface area (Å²) in [6, 6.07) is 10.8. The van der Waals surface area contributed by atoms with E-state index in [1.165, 1.54) is 37.9 Å². The Morgan fingerprint density at radius 2 is 1.72 bits per heavy atom. The number of aliphatic hydroxyl groups excluding tert-OH is 1. The van der Waals surface area contributed by atoms with E-state index < -0.39 is 0 Å². The first kappa shape index (κ1) is 12.2. The van der Waals surface area contributed by atoms with Crippen LogP contribution in [0.15, 0.2) is 30.3 Å². The smallest absolute Gasteiger partial charge is 0.0465 e. The molecule has 1 saturated heterocycles. The average Bonchev–Trinajstić information content (AvgIpc) is 2.39. The highest BCUT2D eigenvalue weighted by Gasteiger charge is 2.38. The number of likely N-dealkylation sites (tertiary alicyclic amines) is 1. The van der Waals surface area contributed by atoms with Gasteiger partial charge in [-0.2, -0.15) is 0 Å². The maximum atomic E-state index is 9.55. The van der Waals surface area contributed by atoms with Crippen LogP contribution in [0.5, 0.6) is 0 Å². The highest BCUT2D eigenvalue weighted by molar-refractivity contribution is 5.14. The summed E-state index contributed by atoms with van der Waals surface area (Å²) >= 11 is 0. The zero-order valence-corrected chi connectivity index (χ0v) is 11.0. The Labute approximate surface area is 110 Å². The van der Waals surface area contributed by atoms with Gasteiger partial charge in [-0.1, -0.05) is 36.8 Å². The van der Waals surface area contributed by atoms with E-state index in [0.29, 0.717) is 12.5 Å². The molecular formula is C16H23NO. The zero-order valence-electron chi connectivity index (χ0n) is 11.0. The molecule has 2 heteroatoms. The van der Waals surface area contributed by atoms with Crippen molar-refractivity contribution < 1.29 is 5.11 Å². The van der Waals surface area contributed by atoms with Crippen LogP contribution in [-0.2, 0) is 6.54 Å². The summed E-state index contributed by atoms with van der Waals surface area (Å²) < 4.78 is 0. The van der Waals surface area contributed by atoms with E-state index >= 15 is 0 Å². The number of rotatable bonds is 3. The van der Waals surface area contributed by atoms with E-state index in [0.717, 1.165) is 18.4 Å². The van der Waals surface area contributed by atoms with Crippen molar-refractivity contribution in [3.63, 3.8) is 0 Å². The Morgan fingerprint density at radius 3 is 2.33 bits per heavy atom. The molecule has 18 heavy (non-hydrogen) atoms. The fraction of sp³-hybridized carbons (Fsp3) is 0.625. The van der Waals surface area contributed by atoms with Gasteiger partial charge in [-0.3, -0.25) is 4.90 Å². The minimum absolute atomic E-state index is 0.397. The van der Waals surface area contributed by atoms with E-state index in [1.54, 1.807) is 0 Å². The van der Waals surface area contributed by atoms with Crippen molar-refractivity contribution in [1.29, 1.82) is 0 Å². The van der Waals surface area contributed by atoms with Gasteiger partial charge in [0.25, 0.3) is 0 Å². The first-order valence-corrected chi connectivity index (χ1v) is 7.24. The highest BCUT2D eigenvalue weighted by Crippen LogP contribution is 2.39. The molecule has 2 fully saturated rings. The molecule has 1 aliphatic heterocycles. The van der Waals surface area contributed by atoms with Crippen molar-refractivity contribution >= 4 is 0 Å². The summed E-state index contributed by atoms with van der Waals surface area (Å²) in [5.74, 6) is 2.03. The van der Waals surface area contributed by atoms with E-state index in [1.807, 2.05) is 0 Å². The fourth-order valence-corrected chi connectivity index (χ4v) is 3.92. The van der Waals surface area contributed by atoms with Crippen LogP contribution < -0.4 is 0 Å². The summed E-state index contributed by atoms with van der Waals surface area (Å²) in [7, 11) is 0.